The highest BCUT2D eigenvalue weighted by molar-refractivity contribution is 6.33. The molecule has 94 valence electrons. The molecule has 17 heavy (non-hydrogen) atoms. The molecular formula is C10H15ClN4O2. The van der Waals surface area contributed by atoms with Crippen LogP contribution in [0.5, 0.6) is 0 Å². The maximum atomic E-state index is 11.6. The Morgan fingerprint density at radius 3 is 2.71 bits per heavy atom. The van der Waals surface area contributed by atoms with Gasteiger partial charge in [-0.05, 0) is 13.8 Å². The molecule has 6 nitrogen and oxygen atoms in total. The second kappa shape index (κ2) is 6.36. The Bertz CT molecular complexity index is 396. The van der Waals surface area contributed by atoms with E-state index in [9.17, 15) is 4.79 Å². The van der Waals surface area contributed by atoms with E-state index in [4.69, 9.17) is 11.6 Å². The molecule has 0 fully saturated rings. The number of amides is 1. The number of nitrogens with one attached hydrogen (secondary N) is 1. The van der Waals surface area contributed by atoms with Crippen LogP contribution in [0.25, 0.3) is 0 Å². The summed E-state index contributed by atoms with van der Waals surface area (Å²) in [6.07, 6.45) is 1.41. The Labute approximate surface area is 105 Å². The lowest BCUT2D eigenvalue weighted by Crippen LogP contribution is -2.27. The number of aromatic nitrogens is 2. The molecule has 0 atom stereocenters. The van der Waals surface area contributed by atoms with Gasteiger partial charge in [-0.1, -0.05) is 11.6 Å². The molecule has 0 bridgehead atoms. The van der Waals surface area contributed by atoms with E-state index in [-0.39, 0.29) is 10.7 Å². The van der Waals surface area contributed by atoms with E-state index in [2.05, 4.69) is 20.3 Å². The fraction of sp³-hybridized carbons (Fsp3) is 0.500. The van der Waals surface area contributed by atoms with Gasteiger partial charge in [0.2, 0.25) is 5.95 Å². The highest BCUT2D eigenvalue weighted by Crippen LogP contribution is 2.16. The molecule has 1 rings (SSSR count). The Balaban J connectivity index is 3.05. The number of halogens is 1. The first-order chi connectivity index (χ1) is 8.13. The number of nitrogens with zero attached hydrogens (tertiary/aromatic N) is 3. The minimum absolute atomic E-state index is 0.102. The summed E-state index contributed by atoms with van der Waals surface area (Å²) in [6.45, 7) is 5.47. The van der Waals surface area contributed by atoms with E-state index in [1.807, 2.05) is 18.7 Å². The summed E-state index contributed by atoms with van der Waals surface area (Å²) in [4.78, 5) is 26.2. The average Bonchev–Trinajstić information content (AvgIpc) is 2.33. The monoisotopic (exact) mass is 258 g/mol. The van der Waals surface area contributed by atoms with Crippen LogP contribution >= 0.6 is 11.6 Å². The SMILES string of the molecule is CCN(CC)c1ncc(Cl)c(C(=O)NOC)n1. The van der Waals surface area contributed by atoms with Crippen LogP contribution in [0.1, 0.15) is 24.3 Å². The van der Waals surface area contributed by atoms with Crippen molar-refractivity contribution in [2.75, 3.05) is 25.1 Å². The van der Waals surface area contributed by atoms with Crippen molar-refractivity contribution in [3.05, 3.63) is 16.9 Å². The summed E-state index contributed by atoms with van der Waals surface area (Å²) >= 11 is 5.86. The fourth-order valence-electron chi connectivity index (χ4n) is 1.32. The maximum absolute atomic E-state index is 11.6. The smallest absolute Gasteiger partial charge is 0.295 e. The van der Waals surface area contributed by atoms with Crippen LogP contribution in [-0.2, 0) is 4.84 Å². The maximum Gasteiger partial charge on any atom is 0.295 e. The lowest BCUT2D eigenvalue weighted by atomic mass is 10.4. The van der Waals surface area contributed by atoms with E-state index in [0.29, 0.717) is 5.95 Å². The number of carbonyl (C=O) groups excluding carboxylic acids is 1. The molecular weight excluding hydrogens is 244 g/mol. The van der Waals surface area contributed by atoms with Gasteiger partial charge in [0, 0.05) is 13.1 Å². The van der Waals surface area contributed by atoms with Gasteiger partial charge in [-0.25, -0.2) is 15.4 Å². The predicted molar refractivity (Wildman–Crippen MR) is 65.1 cm³/mol. The van der Waals surface area contributed by atoms with Gasteiger partial charge in [0.15, 0.2) is 5.69 Å². The molecule has 0 unspecified atom stereocenters. The quantitative estimate of drug-likeness (QED) is 0.806. The third-order valence-electron chi connectivity index (χ3n) is 2.19. The van der Waals surface area contributed by atoms with Crippen LogP contribution in [0.15, 0.2) is 6.20 Å². The van der Waals surface area contributed by atoms with Gasteiger partial charge >= 0.3 is 0 Å². The zero-order valence-corrected chi connectivity index (χ0v) is 10.8. The first-order valence-electron chi connectivity index (χ1n) is 5.24. The number of rotatable bonds is 5. The van der Waals surface area contributed by atoms with Crippen molar-refractivity contribution in [1.82, 2.24) is 15.4 Å². The van der Waals surface area contributed by atoms with Gasteiger partial charge in [-0.2, -0.15) is 0 Å². The number of hydroxylamine groups is 1. The zero-order chi connectivity index (χ0) is 12.8. The average molecular weight is 259 g/mol. The predicted octanol–water partition coefficient (Wildman–Crippen LogP) is 1.27. The topological polar surface area (TPSA) is 67.4 Å². The highest BCUT2D eigenvalue weighted by atomic mass is 35.5. The number of hydrogen-bond donors (Lipinski definition) is 1. The lowest BCUT2D eigenvalue weighted by molar-refractivity contribution is 0.0532. The van der Waals surface area contributed by atoms with Crippen molar-refractivity contribution in [2.45, 2.75) is 13.8 Å². The molecule has 0 radical (unpaired) electrons. The van der Waals surface area contributed by atoms with Crippen molar-refractivity contribution in [3.63, 3.8) is 0 Å². The van der Waals surface area contributed by atoms with Gasteiger partial charge in [0.1, 0.15) is 0 Å². The number of hydrogen-bond acceptors (Lipinski definition) is 5. The summed E-state index contributed by atoms with van der Waals surface area (Å²) < 4.78 is 0. The highest BCUT2D eigenvalue weighted by Gasteiger charge is 2.15. The first-order valence-corrected chi connectivity index (χ1v) is 5.62. The van der Waals surface area contributed by atoms with E-state index in [1.54, 1.807) is 0 Å². The summed E-state index contributed by atoms with van der Waals surface area (Å²) in [5, 5.41) is 0.190. The van der Waals surface area contributed by atoms with Gasteiger partial charge in [-0.3, -0.25) is 9.63 Å². The number of carbonyl (C=O) groups is 1. The molecule has 0 saturated heterocycles. The van der Waals surface area contributed by atoms with E-state index >= 15 is 0 Å². The van der Waals surface area contributed by atoms with Crippen LogP contribution < -0.4 is 10.4 Å². The minimum Gasteiger partial charge on any atom is -0.341 e. The molecule has 0 aliphatic rings. The second-order valence-corrected chi connectivity index (χ2v) is 3.58. The Morgan fingerprint density at radius 1 is 1.53 bits per heavy atom. The van der Waals surface area contributed by atoms with Crippen molar-refractivity contribution in [3.8, 4) is 0 Å². The van der Waals surface area contributed by atoms with Crippen LogP contribution in [0.3, 0.4) is 0 Å². The Kier molecular flexibility index (Phi) is 5.11. The third-order valence-corrected chi connectivity index (χ3v) is 2.46. The second-order valence-electron chi connectivity index (χ2n) is 3.17. The van der Waals surface area contributed by atoms with Crippen LogP contribution in [0, 0.1) is 0 Å². The van der Waals surface area contributed by atoms with Gasteiger partial charge in [0.25, 0.3) is 5.91 Å². The largest absolute Gasteiger partial charge is 0.341 e. The van der Waals surface area contributed by atoms with Crippen LogP contribution in [0.2, 0.25) is 5.02 Å². The fourth-order valence-corrected chi connectivity index (χ4v) is 1.49. The molecule has 1 heterocycles. The molecule has 1 amide bonds. The molecule has 1 aromatic heterocycles. The van der Waals surface area contributed by atoms with E-state index in [0.717, 1.165) is 13.1 Å². The molecule has 1 N–H and O–H groups in total. The zero-order valence-electron chi connectivity index (χ0n) is 10.0. The van der Waals surface area contributed by atoms with Gasteiger partial charge in [0.05, 0.1) is 18.3 Å². The van der Waals surface area contributed by atoms with E-state index < -0.39 is 5.91 Å². The Hall–Kier alpha value is -1.40. The molecule has 1 aromatic rings. The van der Waals surface area contributed by atoms with Gasteiger partial charge in [-0.15, -0.1) is 0 Å². The standard InChI is InChI=1S/C10H15ClN4O2/c1-4-15(5-2)10-12-6-7(11)8(13-10)9(16)14-17-3/h6H,4-5H2,1-3H3,(H,14,16). The lowest BCUT2D eigenvalue weighted by Gasteiger charge is -2.18. The first kappa shape index (κ1) is 13.7. The molecule has 0 spiro atoms. The normalized spacial score (nSPS) is 10.1. The van der Waals surface area contributed by atoms with Crippen molar-refractivity contribution >= 4 is 23.5 Å². The third kappa shape index (κ3) is 3.28. The van der Waals surface area contributed by atoms with Gasteiger partial charge < -0.3 is 4.90 Å². The molecule has 0 aliphatic carbocycles. The van der Waals surface area contributed by atoms with Crippen molar-refractivity contribution < 1.29 is 9.63 Å². The van der Waals surface area contributed by atoms with Crippen molar-refractivity contribution in [1.29, 1.82) is 0 Å². The molecule has 0 saturated carbocycles. The minimum atomic E-state index is -0.492. The van der Waals surface area contributed by atoms with Crippen LogP contribution in [-0.4, -0.2) is 36.1 Å². The van der Waals surface area contributed by atoms with E-state index in [1.165, 1.54) is 13.3 Å². The summed E-state index contributed by atoms with van der Waals surface area (Å²) in [5.41, 5.74) is 2.27. The Morgan fingerprint density at radius 2 is 2.18 bits per heavy atom. The van der Waals surface area contributed by atoms with Crippen molar-refractivity contribution in [2.24, 2.45) is 0 Å². The molecule has 7 heteroatoms. The summed E-state index contributed by atoms with van der Waals surface area (Å²) in [5.74, 6) is -0.0195. The number of anilines is 1. The summed E-state index contributed by atoms with van der Waals surface area (Å²) in [7, 11) is 1.35. The molecule has 0 aliphatic heterocycles. The summed E-state index contributed by atoms with van der Waals surface area (Å²) in [6, 6.07) is 0. The van der Waals surface area contributed by atoms with Crippen LogP contribution in [0.4, 0.5) is 5.95 Å². The molecule has 0 aromatic carbocycles.